The second-order valence-corrected chi connectivity index (χ2v) is 12.1. The number of hydrogen-bond donors (Lipinski definition) is 1. The maximum absolute atomic E-state index is 14.0. The van der Waals surface area contributed by atoms with E-state index in [0.717, 1.165) is 30.0 Å². The van der Waals surface area contributed by atoms with Gasteiger partial charge >= 0.3 is 0 Å². The van der Waals surface area contributed by atoms with E-state index in [9.17, 15) is 18.0 Å². The van der Waals surface area contributed by atoms with E-state index >= 15 is 0 Å². The molecule has 1 aliphatic rings. The molecule has 1 saturated carbocycles. The Hall–Kier alpha value is -3.56. The van der Waals surface area contributed by atoms with Crippen molar-refractivity contribution >= 4 is 39.1 Å². The molecule has 0 radical (unpaired) electrons. The van der Waals surface area contributed by atoms with Crippen LogP contribution in [0.3, 0.4) is 0 Å². The number of carbonyl (C=O) groups excluding carboxylic acids is 2. The van der Waals surface area contributed by atoms with Crippen molar-refractivity contribution in [3.8, 4) is 5.75 Å². The van der Waals surface area contributed by atoms with Gasteiger partial charge in [-0.25, -0.2) is 8.42 Å². The number of anilines is 1. The monoisotopic (exact) mass is 583 g/mol. The molecule has 3 aromatic carbocycles. The Morgan fingerprint density at radius 3 is 2.23 bits per heavy atom. The number of sulfonamides is 1. The number of rotatable bonds is 11. The molecule has 0 heterocycles. The zero-order valence-corrected chi connectivity index (χ0v) is 24.2. The highest BCUT2D eigenvalue weighted by molar-refractivity contribution is 7.92. The number of methoxy groups -OCH3 is 1. The summed E-state index contributed by atoms with van der Waals surface area (Å²) in [6.45, 7) is 1.18. The van der Waals surface area contributed by atoms with Gasteiger partial charge in [-0.3, -0.25) is 13.9 Å². The van der Waals surface area contributed by atoms with Crippen molar-refractivity contribution in [2.24, 2.45) is 0 Å². The number of ether oxygens (including phenoxy) is 1. The summed E-state index contributed by atoms with van der Waals surface area (Å²) >= 11 is 6.42. The summed E-state index contributed by atoms with van der Waals surface area (Å²) < 4.78 is 33.9. The van der Waals surface area contributed by atoms with E-state index in [1.54, 1.807) is 73.7 Å². The van der Waals surface area contributed by atoms with Crippen LogP contribution in [0.2, 0.25) is 5.02 Å². The average molecular weight is 584 g/mol. The van der Waals surface area contributed by atoms with Crippen LogP contribution in [0.1, 0.15) is 38.2 Å². The molecule has 8 nitrogen and oxygen atoms in total. The van der Waals surface area contributed by atoms with E-state index < -0.39 is 28.5 Å². The molecular weight excluding hydrogens is 550 g/mol. The maximum atomic E-state index is 14.0. The first-order valence-electron chi connectivity index (χ1n) is 13.3. The van der Waals surface area contributed by atoms with Crippen LogP contribution < -0.4 is 14.4 Å². The van der Waals surface area contributed by atoms with Gasteiger partial charge in [0.2, 0.25) is 11.8 Å². The van der Waals surface area contributed by atoms with Crippen LogP contribution in [0.15, 0.2) is 83.8 Å². The molecule has 0 aliphatic heterocycles. The summed E-state index contributed by atoms with van der Waals surface area (Å²) in [5.74, 6) is -0.275. The second-order valence-electron chi connectivity index (χ2n) is 9.80. The Kier molecular flexibility index (Phi) is 9.71. The van der Waals surface area contributed by atoms with Gasteiger partial charge in [-0.1, -0.05) is 60.8 Å². The molecule has 1 atom stereocenters. The molecule has 2 amide bonds. The number of halogens is 1. The van der Waals surface area contributed by atoms with Crippen molar-refractivity contribution in [1.29, 1.82) is 0 Å². The number of amides is 2. The number of benzene rings is 3. The first kappa shape index (κ1) is 29.4. The highest BCUT2D eigenvalue weighted by Gasteiger charge is 2.33. The third-order valence-corrected chi connectivity index (χ3v) is 9.29. The van der Waals surface area contributed by atoms with E-state index in [-0.39, 0.29) is 23.4 Å². The molecule has 4 rings (SSSR count). The topological polar surface area (TPSA) is 96.0 Å². The van der Waals surface area contributed by atoms with Crippen LogP contribution in [-0.2, 0) is 26.2 Å². The van der Waals surface area contributed by atoms with Crippen LogP contribution >= 0.6 is 11.6 Å². The minimum Gasteiger partial charge on any atom is -0.497 e. The summed E-state index contributed by atoms with van der Waals surface area (Å²) in [5, 5.41) is 3.51. The quantitative estimate of drug-likeness (QED) is 0.342. The van der Waals surface area contributed by atoms with Crippen molar-refractivity contribution in [2.75, 3.05) is 18.0 Å². The van der Waals surface area contributed by atoms with Gasteiger partial charge in [-0.05, 0) is 67.8 Å². The Labute approximate surface area is 240 Å². The summed E-state index contributed by atoms with van der Waals surface area (Å²) in [6.07, 6.45) is 3.90. The normalized spacial score (nSPS) is 14.4. The van der Waals surface area contributed by atoms with Crippen molar-refractivity contribution < 1.29 is 22.7 Å². The summed E-state index contributed by atoms with van der Waals surface area (Å²) in [4.78, 5) is 28.7. The Morgan fingerprint density at radius 2 is 1.60 bits per heavy atom. The van der Waals surface area contributed by atoms with Crippen LogP contribution in [0.5, 0.6) is 5.75 Å². The molecule has 10 heteroatoms. The lowest BCUT2D eigenvalue weighted by molar-refractivity contribution is -0.139. The molecule has 40 heavy (non-hydrogen) atoms. The lowest BCUT2D eigenvalue weighted by Crippen LogP contribution is -2.52. The third kappa shape index (κ3) is 6.95. The molecule has 212 valence electrons. The minimum atomic E-state index is -4.13. The van der Waals surface area contributed by atoms with E-state index in [1.807, 2.05) is 0 Å². The van der Waals surface area contributed by atoms with Gasteiger partial charge in [0.1, 0.15) is 18.3 Å². The van der Waals surface area contributed by atoms with Gasteiger partial charge in [0.15, 0.2) is 0 Å². The number of nitrogens with one attached hydrogen (secondary N) is 1. The zero-order valence-electron chi connectivity index (χ0n) is 22.6. The summed E-state index contributed by atoms with van der Waals surface area (Å²) in [7, 11) is -2.61. The Morgan fingerprint density at radius 1 is 0.975 bits per heavy atom. The van der Waals surface area contributed by atoms with Crippen LogP contribution in [0.4, 0.5) is 5.69 Å². The smallest absolute Gasteiger partial charge is 0.264 e. The first-order chi connectivity index (χ1) is 19.2. The van der Waals surface area contributed by atoms with Gasteiger partial charge < -0.3 is 15.0 Å². The maximum Gasteiger partial charge on any atom is 0.264 e. The van der Waals surface area contributed by atoms with E-state index in [2.05, 4.69) is 5.32 Å². The molecule has 1 N–H and O–H groups in total. The molecule has 1 aliphatic carbocycles. The average Bonchev–Trinajstić information content (AvgIpc) is 3.48. The van der Waals surface area contributed by atoms with E-state index in [0.29, 0.717) is 22.0 Å². The minimum absolute atomic E-state index is 0.0413. The van der Waals surface area contributed by atoms with Crippen molar-refractivity contribution in [3.63, 3.8) is 0 Å². The highest BCUT2D eigenvalue weighted by atomic mass is 35.5. The first-order valence-corrected chi connectivity index (χ1v) is 15.1. The second kappa shape index (κ2) is 13.2. The molecule has 0 bridgehead atoms. The van der Waals surface area contributed by atoms with Gasteiger partial charge in [0.25, 0.3) is 10.0 Å². The fourth-order valence-electron chi connectivity index (χ4n) is 4.78. The Balaban J connectivity index is 1.68. The molecular formula is C30H34ClN3O5S. The SMILES string of the molecule is COc1ccc(N(CC(=O)N(Cc2ccccc2Cl)[C@@H](C)C(=O)NC2CCCC2)S(=O)(=O)c2ccccc2)cc1. The fourth-order valence-corrected chi connectivity index (χ4v) is 6.41. The van der Waals surface area contributed by atoms with Gasteiger partial charge in [0, 0.05) is 17.6 Å². The predicted octanol–water partition coefficient (Wildman–Crippen LogP) is 5.02. The van der Waals surface area contributed by atoms with Crippen molar-refractivity contribution in [2.45, 2.75) is 56.1 Å². The van der Waals surface area contributed by atoms with Crippen LogP contribution in [0.25, 0.3) is 0 Å². The molecule has 3 aromatic rings. The van der Waals surface area contributed by atoms with E-state index in [4.69, 9.17) is 16.3 Å². The Bertz CT molecular complexity index is 1410. The van der Waals surface area contributed by atoms with Gasteiger partial charge in [-0.2, -0.15) is 0 Å². The largest absolute Gasteiger partial charge is 0.497 e. The number of nitrogens with zero attached hydrogens (tertiary/aromatic N) is 2. The standard InChI is InChI=1S/C30H34ClN3O5S/c1-22(30(36)32-24-11-7-8-12-24)33(20-23-10-6-9-15-28(23)31)29(35)21-34(25-16-18-26(39-2)19-17-25)40(37,38)27-13-4-3-5-14-27/h3-6,9-10,13-19,22,24H,7-8,11-12,20-21H2,1-2H3,(H,32,36)/t22-/m0/s1. The van der Waals surface area contributed by atoms with Crippen molar-refractivity contribution in [1.82, 2.24) is 10.2 Å². The number of hydrogen-bond acceptors (Lipinski definition) is 5. The molecule has 0 unspecified atom stereocenters. The van der Waals surface area contributed by atoms with Gasteiger partial charge in [0.05, 0.1) is 17.7 Å². The lowest BCUT2D eigenvalue weighted by atomic mass is 10.1. The van der Waals surface area contributed by atoms with Gasteiger partial charge in [-0.15, -0.1) is 0 Å². The molecule has 1 fully saturated rings. The van der Waals surface area contributed by atoms with Crippen LogP contribution in [-0.4, -0.2) is 50.9 Å². The third-order valence-electron chi connectivity index (χ3n) is 7.14. The van der Waals surface area contributed by atoms with Crippen LogP contribution in [0, 0.1) is 0 Å². The van der Waals surface area contributed by atoms with E-state index in [1.165, 1.54) is 24.1 Å². The number of carbonyl (C=O) groups is 2. The lowest BCUT2D eigenvalue weighted by Gasteiger charge is -2.32. The fraction of sp³-hybridized carbons (Fsp3) is 0.333. The molecule has 0 saturated heterocycles. The summed E-state index contributed by atoms with van der Waals surface area (Å²) in [6, 6.07) is 20.7. The molecule has 0 spiro atoms. The highest BCUT2D eigenvalue weighted by Crippen LogP contribution is 2.27. The van der Waals surface area contributed by atoms with Crippen molar-refractivity contribution in [3.05, 3.63) is 89.4 Å². The molecule has 0 aromatic heterocycles. The predicted molar refractivity (Wildman–Crippen MR) is 156 cm³/mol. The zero-order chi connectivity index (χ0) is 28.7. The summed E-state index contributed by atoms with van der Waals surface area (Å²) in [5.41, 5.74) is 0.943.